The molecular weight excluding hydrogens is 284 g/mol. The molecule has 1 atom stereocenters. The Hall–Kier alpha value is -1.59. The van der Waals surface area contributed by atoms with Crippen LogP contribution in [0.2, 0.25) is 4.34 Å². The molecule has 2 aromatic heterocycles. The Balaban J connectivity index is 2.21. The highest BCUT2D eigenvalue weighted by atomic mass is 35.5. The van der Waals surface area contributed by atoms with Crippen molar-refractivity contribution in [1.29, 1.82) is 0 Å². The number of aromatic carboxylic acids is 1. The van der Waals surface area contributed by atoms with Gasteiger partial charge in [-0.05, 0) is 38.1 Å². The minimum absolute atomic E-state index is 0.0217. The number of thiophene rings is 1. The number of carboxylic acid groups (broad SMARTS) is 1. The lowest BCUT2D eigenvalue weighted by molar-refractivity contribution is 0.0696. The van der Waals surface area contributed by atoms with E-state index in [-0.39, 0.29) is 11.6 Å². The number of anilines is 1. The summed E-state index contributed by atoms with van der Waals surface area (Å²) in [6.07, 6.45) is 0. The van der Waals surface area contributed by atoms with Crippen LogP contribution in [0, 0.1) is 6.92 Å². The molecule has 4 nitrogen and oxygen atoms in total. The third-order valence-corrected chi connectivity index (χ3v) is 4.00. The smallest absolute Gasteiger partial charge is 0.335 e. The fourth-order valence-electron chi connectivity index (χ4n) is 1.72. The molecule has 0 radical (unpaired) electrons. The van der Waals surface area contributed by atoms with E-state index in [0.717, 1.165) is 9.21 Å². The zero-order valence-electron chi connectivity index (χ0n) is 10.5. The quantitative estimate of drug-likeness (QED) is 0.896. The monoisotopic (exact) mass is 296 g/mol. The summed E-state index contributed by atoms with van der Waals surface area (Å²) in [7, 11) is 0. The van der Waals surface area contributed by atoms with Crippen LogP contribution < -0.4 is 5.32 Å². The number of nitrogens with zero attached hydrogens (tertiary/aromatic N) is 1. The fourth-order valence-corrected chi connectivity index (χ4v) is 2.78. The number of nitrogens with one attached hydrogen (secondary N) is 1. The second-order valence-corrected chi connectivity index (χ2v) is 5.94. The first kappa shape index (κ1) is 13.8. The van der Waals surface area contributed by atoms with Crippen LogP contribution in [0.5, 0.6) is 0 Å². The van der Waals surface area contributed by atoms with Gasteiger partial charge in [-0.1, -0.05) is 11.6 Å². The summed E-state index contributed by atoms with van der Waals surface area (Å²) in [5.41, 5.74) is 0.894. The largest absolute Gasteiger partial charge is 0.478 e. The van der Waals surface area contributed by atoms with Gasteiger partial charge in [-0.3, -0.25) is 0 Å². The molecule has 2 aromatic rings. The van der Waals surface area contributed by atoms with Gasteiger partial charge in [0.2, 0.25) is 0 Å². The minimum atomic E-state index is -0.958. The molecule has 6 heteroatoms. The number of pyridine rings is 1. The predicted molar refractivity (Wildman–Crippen MR) is 77.3 cm³/mol. The normalized spacial score (nSPS) is 12.2. The molecular formula is C13H13ClN2O2S. The number of aryl methyl sites for hydroxylation is 1. The zero-order valence-corrected chi connectivity index (χ0v) is 12.0. The second kappa shape index (κ2) is 5.59. The van der Waals surface area contributed by atoms with Crippen LogP contribution in [0.25, 0.3) is 0 Å². The lowest BCUT2D eigenvalue weighted by Gasteiger charge is -2.13. The van der Waals surface area contributed by atoms with Gasteiger partial charge in [-0.15, -0.1) is 11.3 Å². The van der Waals surface area contributed by atoms with E-state index in [9.17, 15) is 4.79 Å². The molecule has 0 aliphatic carbocycles. The van der Waals surface area contributed by atoms with Crippen LogP contribution in [0.4, 0.5) is 5.82 Å². The first-order chi connectivity index (χ1) is 8.95. The molecule has 0 aliphatic heterocycles. The van der Waals surface area contributed by atoms with Gasteiger partial charge in [-0.2, -0.15) is 0 Å². The first-order valence-corrected chi connectivity index (χ1v) is 6.89. The molecule has 0 saturated heterocycles. The van der Waals surface area contributed by atoms with Crippen molar-refractivity contribution in [3.63, 3.8) is 0 Å². The predicted octanol–water partition coefficient (Wildman–Crippen LogP) is 3.98. The maximum absolute atomic E-state index is 11.0. The highest BCUT2D eigenvalue weighted by molar-refractivity contribution is 7.16. The Kier molecular flexibility index (Phi) is 4.07. The van der Waals surface area contributed by atoms with Gasteiger partial charge in [0.1, 0.15) is 5.82 Å². The third-order valence-electron chi connectivity index (χ3n) is 2.59. The van der Waals surface area contributed by atoms with Gasteiger partial charge in [0, 0.05) is 10.6 Å². The van der Waals surface area contributed by atoms with Crippen molar-refractivity contribution >= 4 is 34.7 Å². The van der Waals surface area contributed by atoms with Crippen LogP contribution in [0.3, 0.4) is 0 Å². The average molecular weight is 297 g/mol. The third kappa shape index (κ3) is 3.45. The molecule has 0 saturated carbocycles. The van der Waals surface area contributed by atoms with Crippen molar-refractivity contribution in [3.8, 4) is 0 Å². The SMILES string of the molecule is Cc1cc(C(=O)O)cc(NC(C)c2ccc(Cl)s2)n1. The topological polar surface area (TPSA) is 62.2 Å². The fraction of sp³-hybridized carbons (Fsp3) is 0.231. The lowest BCUT2D eigenvalue weighted by atomic mass is 10.2. The summed E-state index contributed by atoms with van der Waals surface area (Å²) in [5, 5.41) is 12.2. The van der Waals surface area contributed by atoms with Crippen LogP contribution in [-0.4, -0.2) is 16.1 Å². The molecule has 2 rings (SSSR count). The molecule has 2 heterocycles. The highest BCUT2D eigenvalue weighted by Crippen LogP contribution is 2.28. The van der Waals surface area contributed by atoms with E-state index in [1.165, 1.54) is 17.4 Å². The van der Waals surface area contributed by atoms with E-state index in [1.807, 2.05) is 19.1 Å². The summed E-state index contributed by atoms with van der Waals surface area (Å²) in [4.78, 5) is 16.4. The van der Waals surface area contributed by atoms with Crippen molar-refractivity contribution in [2.24, 2.45) is 0 Å². The van der Waals surface area contributed by atoms with Crippen molar-refractivity contribution < 1.29 is 9.90 Å². The maximum atomic E-state index is 11.0. The lowest BCUT2D eigenvalue weighted by Crippen LogP contribution is -2.08. The summed E-state index contributed by atoms with van der Waals surface area (Å²) >= 11 is 7.39. The Morgan fingerprint density at radius 2 is 2.21 bits per heavy atom. The van der Waals surface area contributed by atoms with E-state index in [1.54, 1.807) is 13.0 Å². The number of carboxylic acids is 1. The average Bonchev–Trinajstić information content (AvgIpc) is 2.75. The molecule has 0 aromatic carbocycles. The van der Waals surface area contributed by atoms with Gasteiger partial charge >= 0.3 is 5.97 Å². The number of aromatic nitrogens is 1. The number of hydrogen-bond acceptors (Lipinski definition) is 4. The van der Waals surface area contributed by atoms with Gasteiger partial charge in [0.25, 0.3) is 0 Å². The standard InChI is InChI=1S/C13H13ClN2O2S/c1-7-5-9(13(17)18)6-12(15-7)16-8(2)10-3-4-11(14)19-10/h3-6,8H,1-2H3,(H,15,16)(H,17,18). The van der Waals surface area contributed by atoms with Gasteiger partial charge in [0.05, 0.1) is 15.9 Å². The van der Waals surface area contributed by atoms with Crippen LogP contribution in [-0.2, 0) is 0 Å². The molecule has 0 fully saturated rings. The molecule has 100 valence electrons. The van der Waals surface area contributed by atoms with Gasteiger partial charge < -0.3 is 10.4 Å². The second-order valence-electron chi connectivity index (χ2n) is 4.20. The molecule has 19 heavy (non-hydrogen) atoms. The maximum Gasteiger partial charge on any atom is 0.335 e. The Bertz CT molecular complexity index is 612. The zero-order chi connectivity index (χ0) is 14.0. The number of hydrogen-bond donors (Lipinski definition) is 2. The van der Waals surface area contributed by atoms with Crippen LogP contribution in [0.15, 0.2) is 24.3 Å². The number of rotatable bonds is 4. The minimum Gasteiger partial charge on any atom is -0.478 e. The summed E-state index contributed by atoms with van der Waals surface area (Å²) < 4.78 is 0.729. The van der Waals surface area contributed by atoms with Crippen molar-refractivity contribution in [1.82, 2.24) is 4.98 Å². The van der Waals surface area contributed by atoms with E-state index in [0.29, 0.717) is 11.5 Å². The van der Waals surface area contributed by atoms with Crippen molar-refractivity contribution in [2.45, 2.75) is 19.9 Å². The summed E-state index contributed by atoms with van der Waals surface area (Å²) in [5.74, 6) is -0.408. The molecule has 1 unspecified atom stereocenters. The van der Waals surface area contributed by atoms with Gasteiger partial charge in [0.15, 0.2) is 0 Å². The number of halogens is 1. The van der Waals surface area contributed by atoms with Crippen molar-refractivity contribution in [3.05, 3.63) is 44.7 Å². The summed E-state index contributed by atoms with van der Waals surface area (Å²) in [6, 6.07) is 6.87. The Labute approximate surface area is 120 Å². The van der Waals surface area contributed by atoms with Crippen LogP contribution >= 0.6 is 22.9 Å². The molecule has 0 spiro atoms. The number of carbonyl (C=O) groups is 1. The molecule has 0 amide bonds. The van der Waals surface area contributed by atoms with Gasteiger partial charge in [-0.25, -0.2) is 9.78 Å². The molecule has 0 bridgehead atoms. The Morgan fingerprint density at radius 1 is 1.47 bits per heavy atom. The van der Waals surface area contributed by atoms with E-state index >= 15 is 0 Å². The highest BCUT2D eigenvalue weighted by Gasteiger charge is 2.11. The van der Waals surface area contributed by atoms with Crippen LogP contribution in [0.1, 0.15) is 33.9 Å². The Morgan fingerprint density at radius 3 is 2.79 bits per heavy atom. The van der Waals surface area contributed by atoms with E-state index < -0.39 is 5.97 Å². The van der Waals surface area contributed by atoms with E-state index in [2.05, 4.69) is 10.3 Å². The molecule has 2 N–H and O–H groups in total. The summed E-state index contributed by atoms with van der Waals surface area (Å²) in [6.45, 7) is 3.75. The first-order valence-electron chi connectivity index (χ1n) is 5.69. The van der Waals surface area contributed by atoms with Crippen molar-refractivity contribution in [2.75, 3.05) is 5.32 Å². The molecule has 0 aliphatic rings. The van der Waals surface area contributed by atoms with E-state index in [4.69, 9.17) is 16.7 Å².